The summed E-state index contributed by atoms with van der Waals surface area (Å²) < 4.78 is 1.53. The molecule has 0 unspecified atom stereocenters. The zero-order valence-electron chi connectivity index (χ0n) is 9.87. The second-order valence-corrected chi connectivity index (χ2v) is 4.45. The van der Waals surface area contributed by atoms with E-state index in [1.165, 1.54) is 4.57 Å². The van der Waals surface area contributed by atoms with E-state index in [-0.39, 0.29) is 11.1 Å². The van der Waals surface area contributed by atoms with E-state index in [9.17, 15) is 4.79 Å². The van der Waals surface area contributed by atoms with Gasteiger partial charge >= 0.3 is 0 Å². The number of aromatic nitrogens is 2. The quantitative estimate of drug-likeness (QED) is 0.822. The fourth-order valence-electron chi connectivity index (χ4n) is 1.59. The average molecular weight is 209 g/mol. The summed E-state index contributed by atoms with van der Waals surface area (Å²) in [4.78, 5) is 15.8. The van der Waals surface area contributed by atoms with Crippen molar-refractivity contribution in [3.8, 4) is 0 Å². The van der Waals surface area contributed by atoms with Crippen molar-refractivity contribution in [3.63, 3.8) is 0 Å². The van der Waals surface area contributed by atoms with Crippen LogP contribution in [0.25, 0.3) is 0 Å². The highest BCUT2D eigenvalue weighted by atomic mass is 16.1. The summed E-state index contributed by atoms with van der Waals surface area (Å²) in [6.07, 6.45) is 5.37. The van der Waals surface area contributed by atoms with Crippen LogP contribution in [0.5, 0.6) is 0 Å². The molecule has 0 aromatic carbocycles. The van der Waals surface area contributed by atoms with Crippen molar-refractivity contribution in [2.24, 2.45) is 7.05 Å². The van der Waals surface area contributed by atoms with Crippen LogP contribution in [-0.2, 0) is 7.05 Å². The van der Waals surface area contributed by atoms with E-state index in [0.717, 1.165) is 12.8 Å². The Bertz CT molecular complexity index is 382. The first-order valence-corrected chi connectivity index (χ1v) is 5.26. The van der Waals surface area contributed by atoms with Gasteiger partial charge in [0, 0.05) is 25.0 Å². The summed E-state index contributed by atoms with van der Waals surface area (Å²) >= 11 is 0. The molecule has 15 heavy (non-hydrogen) atoms. The van der Waals surface area contributed by atoms with E-state index in [1.807, 2.05) is 0 Å². The molecule has 1 heterocycles. The first-order valence-electron chi connectivity index (χ1n) is 5.26. The Balaban J connectivity index is 2.90. The Labute approximate surface area is 90.3 Å². The fourth-order valence-corrected chi connectivity index (χ4v) is 1.59. The molecule has 0 amide bonds. The van der Waals surface area contributed by atoms with Crippen molar-refractivity contribution < 1.29 is 0 Å². The predicted molar refractivity (Wildman–Crippen MR) is 62.1 cm³/mol. The third-order valence-corrected chi connectivity index (χ3v) is 2.35. The number of hydrogen-bond donors (Lipinski definition) is 1. The number of nitrogens with one attached hydrogen (secondary N) is 1. The average Bonchev–Trinajstić information content (AvgIpc) is 2.12. The van der Waals surface area contributed by atoms with Gasteiger partial charge in [-0.25, -0.2) is 4.98 Å². The van der Waals surface area contributed by atoms with Gasteiger partial charge in [-0.1, -0.05) is 13.3 Å². The van der Waals surface area contributed by atoms with Crippen molar-refractivity contribution in [3.05, 3.63) is 22.7 Å². The minimum absolute atomic E-state index is 0.0818. The molecule has 0 saturated carbocycles. The zero-order chi connectivity index (χ0) is 11.5. The number of nitrogens with zero attached hydrogens (tertiary/aromatic N) is 2. The van der Waals surface area contributed by atoms with Gasteiger partial charge in [0.15, 0.2) is 5.82 Å². The molecule has 0 bridgehead atoms. The lowest BCUT2D eigenvalue weighted by atomic mass is 9.99. The van der Waals surface area contributed by atoms with Gasteiger partial charge < -0.3 is 9.88 Å². The summed E-state index contributed by atoms with van der Waals surface area (Å²) in [6, 6.07) is 0. The summed E-state index contributed by atoms with van der Waals surface area (Å²) in [7, 11) is 1.72. The lowest BCUT2D eigenvalue weighted by Gasteiger charge is -2.25. The van der Waals surface area contributed by atoms with Crippen LogP contribution in [0.15, 0.2) is 17.2 Å². The number of hydrogen-bond acceptors (Lipinski definition) is 3. The molecule has 1 N–H and O–H groups in total. The van der Waals surface area contributed by atoms with E-state index in [2.05, 4.69) is 31.1 Å². The third kappa shape index (κ3) is 3.08. The van der Waals surface area contributed by atoms with Crippen molar-refractivity contribution in [1.29, 1.82) is 0 Å². The molecule has 0 fully saturated rings. The Morgan fingerprint density at radius 3 is 2.80 bits per heavy atom. The maximum Gasteiger partial charge on any atom is 0.293 e. The molecular formula is C11H19N3O. The van der Waals surface area contributed by atoms with Gasteiger partial charge in [-0.3, -0.25) is 4.79 Å². The van der Waals surface area contributed by atoms with Crippen LogP contribution >= 0.6 is 0 Å². The monoisotopic (exact) mass is 209 g/mol. The van der Waals surface area contributed by atoms with Gasteiger partial charge in [-0.05, 0) is 20.3 Å². The van der Waals surface area contributed by atoms with E-state index < -0.39 is 0 Å². The molecule has 1 aromatic rings. The summed E-state index contributed by atoms with van der Waals surface area (Å²) in [6.45, 7) is 6.27. The van der Waals surface area contributed by atoms with Crippen molar-refractivity contribution in [1.82, 2.24) is 9.55 Å². The van der Waals surface area contributed by atoms with Crippen LogP contribution in [-0.4, -0.2) is 15.1 Å². The summed E-state index contributed by atoms with van der Waals surface area (Å²) in [5.41, 5.74) is -0.170. The largest absolute Gasteiger partial charge is 0.361 e. The van der Waals surface area contributed by atoms with Gasteiger partial charge in [0.1, 0.15) is 0 Å². The molecule has 0 radical (unpaired) electrons. The van der Waals surface area contributed by atoms with Gasteiger partial charge in [-0.2, -0.15) is 0 Å². The normalized spacial score (nSPS) is 11.5. The molecule has 0 aliphatic rings. The highest BCUT2D eigenvalue weighted by Gasteiger charge is 2.18. The minimum Gasteiger partial charge on any atom is -0.361 e. The van der Waals surface area contributed by atoms with Crippen LogP contribution < -0.4 is 10.9 Å². The number of anilines is 1. The third-order valence-electron chi connectivity index (χ3n) is 2.35. The Hall–Kier alpha value is -1.32. The van der Waals surface area contributed by atoms with Crippen LogP contribution in [0.1, 0.15) is 33.6 Å². The summed E-state index contributed by atoms with van der Waals surface area (Å²) in [5, 5.41) is 3.18. The maximum atomic E-state index is 11.7. The minimum atomic E-state index is -0.0880. The molecular weight excluding hydrogens is 190 g/mol. The number of rotatable bonds is 4. The zero-order valence-corrected chi connectivity index (χ0v) is 9.87. The van der Waals surface area contributed by atoms with Gasteiger partial charge in [0.05, 0.1) is 0 Å². The highest BCUT2D eigenvalue weighted by molar-refractivity contribution is 5.34. The Kier molecular flexibility index (Phi) is 3.50. The molecule has 4 heteroatoms. The van der Waals surface area contributed by atoms with Gasteiger partial charge in [-0.15, -0.1) is 0 Å². The van der Waals surface area contributed by atoms with Crippen LogP contribution in [0.4, 0.5) is 5.82 Å². The first kappa shape index (κ1) is 11.8. The molecule has 0 atom stereocenters. The number of aryl methyl sites for hydroxylation is 1. The maximum absolute atomic E-state index is 11.7. The summed E-state index contributed by atoms with van der Waals surface area (Å²) in [5.74, 6) is 0.429. The van der Waals surface area contributed by atoms with E-state index in [0.29, 0.717) is 5.82 Å². The molecule has 1 rings (SSSR count). The predicted octanol–water partition coefficient (Wildman–Crippen LogP) is 1.77. The molecule has 1 aromatic heterocycles. The fraction of sp³-hybridized carbons (Fsp3) is 0.636. The Morgan fingerprint density at radius 1 is 1.53 bits per heavy atom. The van der Waals surface area contributed by atoms with Crippen molar-refractivity contribution >= 4 is 5.82 Å². The second kappa shape index (κ2) is 4.47. The molecule has 0 spiro atoms. The van der Waals surface area contributed by atoms with Crippen LogP contribution in [0.2, 0.25) is 0 Å². The first-order chi connectivity index (χ1) is 6.96. The van der Waals surface area contributed by atoms with Crippen LogP contribution in [0.3, 0.4) is 0 Å². The van der Waals surface area contributed by atoms with Crippen molar-refractivity contribution in [2.75, 3.05) is 5.32 Å². The molecule has 0 aliphatic heterocycles. The lowest BCUT2D eigenvalue weighted by molar-refractivity contribution is 0.507. The van der Waals surface area contributed by atoms with E-state index in [4.69, 9.17) is 0 Å². The Morgan fingerprint density at radius 2 is 2.20 bits per heavy atom. The van der Waals surface area contributed by atoms with E-state index in [1.54, 1.807) is 19.4 Å². The lowest BCUT2D eigenvalue weighted by Crippen LogP contribution is -2.35. The molecule has 4 nitrogen and oxygen atoms in total. The SMILES string of the molecule is CCCC(C)(C)Nc1nccn(C)c1=O. The topological polar surface area (TPSA) is 46.9 Å². The van der Waals surface area contributed by atoms with E-state index >= 15 is 0 Å². The van der Waals surface area contributed by atoms with Crippen LogP contribution in [0, 0.1) is 0 Å². The van der Waals surface area contributed by atoms with Gasteiger partial charge in [0.2, 0.25) is 0 Å². The smallest absolute Gasteiger partial charge is 0.293 e. The van der Waals surface area contributed by atoms with Gasteiger partial charge in [0.25, 0.3) is 5.56 Å². The second-order valence-electron chi connectivity index (χ2n) is 4.45. The molecule has 84 valence electrons. The highest BCUT2D eigenvalue weighted by Crippen LogP contribution is 2.15. The molecule has 0 aliphatic carbocycles. The molecule has 0 saturated heterocycles. The van der Waals surface area contributed by atoms with Crippen molar-refractivity contribution in [2.45, 2.75) is 39.2 Å². The standard InChI is InChI=1S/C11H19N3O/c1-5-6-11(2,3)13-9-10(15)14(4)8-7-12-9/h7-8H,5-6H2,1-4H3,(H,12,13).